The Balaban J connectivity index is 4.25. The van der Waals surface area contributed by atoms with Crippen LogP contribution in [0.5, 0.6) is 0 Å². The molecule has 0 saturated carbocycles. The van der Waals surface area contributed by atoms with E-state index >= 15 is 0 Å². The highest BCUT2D eigenvalue weighted by atomic mass is 31.2. The molecule has 0 bridgehead atoms. The second kappa shape index (κ2) is 34.4. The van der Waals surface area contributed by atoms with Crippen molar-refractivity contribution in [3.8, 4) is 0 Å². The van der Waals surface area contributed by atoms with Crippen molar-refractivity contribution in [1.29, 1.82) is 0 Å². The summed E-state index contributed by atoms with van der Waals surface area (Å²) in [5, 5.41) is 0. The lowest BCUT2D eigenvalue weighted by molar-refractivity contribution is -0.161. The molecule has 9 nitrogen and oxygen atoms in total. The summed E-state index contributed by atoms with van der Waals surface area (Å²) in [5.74, 6) is -0.844. The van der Waals surface area contributed by atoms with E-state index in [0.29, 0.717) is 6.42 Å². The lowest BCUT2D eigenvalue weighted by atomic mass is 10.1. The number of unbranched alkanes of at least 4 members (excludes halogenated alkanes) is 18. The van der Waals surface area contributed by atoms with Gasteiger partial charge in [-0.25, -0.2) is 4.57 Å². The zero-order valence-electron chi connectivity index (χ0n) is 30.0. The van der Waals surface area contributed by atoms with Crippen LogP contribution in [0.4, 0.5) is 0 Å². The van der Waals surface area contributed by atoms with E-state index in [-0.39, 0.29) is 38.6 Å². The van der Waals surface area contributed by atoms with Gasteiger partial charge >= 0.3 is 19.8 Å². The molecule has 0 aliphatic heterocycles. The van der Waals surface area contributed by atoms with Gasteiger partial charge < -0.3 is 20.1 Å². The summed E-state index contributed by atoms with van der Waals surface area (Å²) in [4.78, 5) is 34.6. The highest BCUT2D eigenvalue weighted by molar-refractivity contribution is 7.47. The Labute approximate surface area is 287 Å². The summed E-state index contributed by atoms with van der Waals surface area (Å²) >= 11 is 0. The van der Waals surface area contributed by atoms with Crippen molar-refractivity contribution in [2.75, 3.05) is 26.4 Å². The average Bonchev–Trinajstić information content (AvgIpc) is 3.05. The van der Waals surface area contributed by atoms with Gasteiger partial charge in [-0.05, 0) is 44.9 Å². The van der Waals surface area contributed by atoms with Gasteiger partial charge in [-0.15, -0.1) is 0 Å². The van der Waals surface area contributed by atoms with Crippen LogP contribution >= 0.6 is 7.82 Å². The predicted molar refractivity (Wildman–Crippen MR) is 192 cm³/mol. The number of allylic oxidation sites excluding steroid dienone is 4. The third-order valence-corrected chi connectivity index (χ3v) is 8.82. The Kier molecular flexibility index (Phi) is 33.3. The number of rotatable bonds is 35. The fraction of sp³-hybridized carbons (Fsp3) is 0.838. The van der Waals surface area contributed by atoms with E-state index in [2.05, 4.69) is 38.2 Å². The molecule has 0 amide bonds. The molecule has 0 aromatic heterocycles. The van der Waals surface area contributed by atoms with E-state index in [1.807, 2.05) is 0 Å². The highest BCUT2D eigenvalue weighted by Crippen LogP contribution is 2.43. The highest BCUT2D eigenvalue weighted by Gasteiger charge is 2.25. The SMILES string of the molecule is CCCCC/C=C\C/C=C\CCCCCCCC(=O)O[C@H](COC(=O)CCCCCCCCCCCCC)COP(=O)(O)OCCN. The second-order valence-electron chi connectivity index (χ2n) is 12.4. The van der Waals surface area contributed by atoms with Crippen LogP contribution in [0.15, 0.2) is 24.3 Å². The smallest absolute Gasteiger partial charge is 0.462 e. The minimum Gasteiger partial charge on any atom is -0.462 e. The monoisotopic (exact) mass is 687 g/mol. The molecule has 0 fully saturated rings. The molecule has 0 rings (SSSR count). The number of esters is 2. The molecular formula is C37H70NO8P. The fourth-order valence-corrected chi connectivity index (χ4v) is 5.78. The van der Waals surface area contributed by atoms with Crippen molar-refractivity contribution in [3.63, 3.8) is 0 Å². The summed E-state index contributed by atoms with van der Waals surface area (Å²) in [5.41, 5.74) is 5.32. The Bertz CT molecular complexity index is 835. The van der Waals surface area contributed by atoms with Crippen LogP contribution in [0, 0.1) is 0 Å². The summed E-state index contributed by atoms with van der Waals surface area (Å²) in [7, 11) is -4.37. The first-order valence-corrected chi connectivity index (χ1v) is 20.3. The lowest BCUT2D eigenvalue weighted by Gasteiger charge is -2.19. The number of carbonyl (C=O) groups excluding carboxylic acids is 2. The molecule has 276 valence electrons. The number of hydrogen-bond donors (Lipinski definition) is 2. The number of ether oxygens (including phenoxy) is 2. The van der Waals surface area contributed by atoms with E-state index in [1.54, 1.807) is 0 Å². The molecule has 0 aromatic rings. The number of phosphoric acid groups is 1. The van der Waals surface area contributed by atoms with Gasteiger partial charge in [0.05, 0.1) is 13.2 Å². The van der Waals surface area contributed by atoms with Crippen molar-refractivity contribution in [1.82, 2.24) is 0 Å². The summed E-state index contributed by atoms with van der Waals surface area (Å²) in [6.07, 6.45) is 33.5. The van der Waals surface area contributed by atoms with E-state index in [0.717, 1.165) is 57.8 Å². The predicted octanol–water partition coefficient (Wildman–Crippen LogP) is 10.0. The average molecular weight is 688 g/mol. The van der Waals surface area contributed by atoms with Gasteiger partial charge in [-0.3, -0.25) is 18.6 Å². The topological polar surface area (TPSA) is 134 Å². The molecule has 2 atom stereocenters. The van der Waals surface area contributed by atoms with Gasteiger partial charge in [0.1, 0.15) is 6.61 Å². The van der Waals surface area contributed by atoms with Crippen LogP contribution in [-0.2, 0) is 32.7 Å². The standard InChI is InChI=1S/C37H70NO8P/c1-3-5-7-9-11-13-15-16-17-18-20-22-24-26-28-30-37(40)46-35(34-45-47(41,42)44-32-31-38)33-43-36(39)29-27-25-23-21-19-14-12-10-8-6-4-2/h11,13,16-17,35H,3-10,12,14-15,18-34,38H2,1-2H3,(H,41,42)/b13-11-,17-16-/t35-/m1/s1. The van der Waals surface area contributed by atoms with Crippen molar-refractivity contribution < 1.29 is 37.6 Å². The number of nitrogens with two attached hydrogens (primary N) is 1. The van der Waals surface area contributed by atoms with Crippen molar-refractivity contribution in [3.05, 3.63) is 24.3 Å². The molecule has 0 saturated heterocycles. The largest absolute Gasteiger partial charge is 0.472 e. The Morgan fingerprint density at radius 3 is 1.66 bits per heavy atom. The Morgan fingerprint density at radius 2 is 1.11 bits per heavy atom. The molecule has 0 spiro atoms. The number of hydrogen-bond acceptors (Lipinski definition) is 8. The summed E-state index contributed by atoms with van der Waals surface area (Å²) in [6, 6.07) is 0. The van der Waals surface area contributed by atoms with Crippen LogP contribution in [0.25, 0.3) is 0 Å². The van der Waals surface area contributed by atoms with Crippen LogP contribution in [0.1, 0.15) is 168 Å². The third-order valence-electron chi connectivity index (χ3n) is 7.84. The molecule has 47 heavy (non-hydrogen) atoms. The van der Waals surface area contributed by atoms with Crippen molar-refractivity contribution in [2.24, 2.45) is 5.73 Å². The van der Waals surface area contributed by atoms with Gasteiger partial charge in [0.25, 0.3) is 0 Å². The quantitative estimate of drug-likeness (QED) is 0.0289. The molecule has 1 unspecified atom stereocenters. The molecule has 3 N–H and O–H groups in total. The van der Waals surface area contributed by atoms with Crippen LogP contribution < -0.4 is 5.73 Å². The maximum absolute atomic E-state index is 12.5. The van der Waals surface area contributed by atoms with Gasteiger partial charge in [-0.1, -0.05) is 134 Å². The van der Waals surface area contributed by atoms with E-state index < -0.39 is 26.5 Å². The van der Waals surface area contributed by atoms with E-state index in [9.17, 15) is 19.0 Å². The maximum Gasteiger partial charge on any atom is 0.472 e. The van der Waals surface area contributed by atoms with Gasteiger partial charge in [-0.2, -0.15) is 0 Å². The fourth-order valence-electron chi connectivity index (χ4n) is 5.02. The third kappa shape index (κ3) is 34.2. The normalized spacial score (nSPS) is 13.7. The van der Waals surface area contributed by atoms with Gasteiger partial charge in [0.15, 0.2) is 6.10 Å². The minimum atomic E-state index is -4.37. The first kappa shape index (κ1) is 45.5. The van der Waals surface area contributed by atoms with Crippen molar-refractivity contribution in [2.45, 2.75) is 174 Å². The number of phosphoric ester groups is 1. The summed E-state index contributed by atoms with van der Waals surface area (Å²) < 4.78 is 32.6. The molecular weight excluding hydrogens is 617 g/mol. The molecule has 0 heterocycles. The Hall–Kier alpha value is -1.51. The van der Waals surface area contributed by atoms with Crippen molar-refractivity contribution >= 4 is 19.8 Å². The first-order chi connectivity index (χ1) is 22.8. The van der Waals surface area contributed by atoms with E-state index in [1.165, 1.54) is 77.0 Å². The molecule has 10 heteroatoms. The lowest BCUT2D eigenvalue weighted by Crippen LogP contribution is -2.29. The van der Waals surface area contributed by atoms with Gasteiger partial charge in [0, 0.05) is 19.4 Å². The zero-order valence-corrected chi connectivity index (χ0v) is 30.9. The maximum atomic E-state index is 12.5. The number of carbonyl (C=O) groups is 2. The Morgan fingerprint density at radius 1 is 0.638 bits per heavy atom. The van der Waals surface area contributed by atoms with E-state index in [4.69, 9.17) is 24.3 Å². The zero-order chi connectivity index (χ0) is 34.7. The second-order valence-corrected chi connectivity index (χ2v) is 13.9. The molecule has 0 aromatic carbocycles. The molecule has 0 aliphatic carbocycles. The minimum absolute atomic E-state index is 0.0521. The molecule has 0 radical (unpaired) electrons. The first-order valence-electron chi connectivity index (χ1n) is 18.8. The van der Waals surface area contributed by atoms with Gasteiger partial charge in [0.2, 0.25) is 0 Å². The van der Waals surface area contributed by atoms with Crippen LogP contribution in [0.3, 0.4) is 0 Å². The van der Waals surface area contributed by atoms with Crippen LogP contribution in [-0.4, -0.2) is 49.3 Å². The summed E-state index contributed by atoms with van der Waals surface area (Å²) in [6.45, 7) is 3.67. The molecule has 0 aliphatic rings. The van der Waals surface area contributed by atoms with Crippen LogP contribution in [0.2, 0.25) is 0 Å².